The van der Waals surface area contributed by atoms with E-state index in [0.29, 0.717) is 18.1 Å². The van der Waals surface area contributed by atoms with Gasteiger partial charge in [0.25, 0.3) is 0 Å². The van der Waals surface area contributed by atoms with E-state index < -0.39 is 0 Å². The highest BCUT2D eigenvalue weighted by atomic mass is 127. The number of halogens is 1. The van der Waals surface area contributed by atoms with Crippen molar-refractivity contribution in [3.05, 3.63) is 0 Å². The molecule has 3 aliphatic rings. The molecule has 1 aliphatic carbocycles. The first-order chi connectivity index (χ1) is 8.74. The van der Waals surface area contributed by atoms with Crippen LogP contribution < -0.4 is 5.73 Å². The Balaban J connectivity index is 0.00000133. The number of likely N-dealkylation sites (tertiary alicyclic amines) is 1. The molecule has 3 fully saturated rings. The number of rotatable bonds is 1. The molecule has 110 valence electrons. The third-order valence-electron chi connectivity index (χ3n) is 4.74. The van der Waals surface area contributed by atoms with E-state index in [2.05, 4.69) is 11.8 Å². The summed E-state index contributed by atoms with van der Waals surface area (Å²) in [6.45, 7) is 5.40. The van der Waals surface area contributed by atoms with Gasteiger partial charge in [0.1, 0.15) is 0 Å². The third kappa shape index (κ3) is 3.35. The van der Waals surface area contributed by atoms with Gasteiger partial charge in [-0.05, 0) is 38.0 Å². The lowest BCUT2D eigenvalue weighted by Crippen LogP contribution is -2.51. The molecule has 0 radical (unpaired) electrons. The summed E-state index contributed by atoms with van der Waals surface area (Å²) in [6.07, 6.45) is 6.58. The number of hydrogen-bond donors (Lipinski definition) is 1. The molecule has 0 aromatic carbocycles. The number of nitrogens with two attached hydrogens (primary N) is 1. The van der Waals surface area contributed by atoms with Gasteiger partial charge in [-0.15, -0.1) is 24.0 Å². The van der Waals surface area contributed by atoms with Crippen molar-refractivity contribution in [3.63, 3.8) is 0 Å². The zero-order chi connectivity index (χ0) is 12.5. The van der Waals surface area contributed by atoms with Crippen LogP contribution in [0.3, 0.4) is 0 Å². The highest BCUT2D eigenvalue weighted by molar-refractivity contribution is 14.0. The Hall–Kier alpha value is -0.0400. The third-order valence-corrected chi connectivity index (χ3v) is 4.74. The van der Waals surface area contributed by atoms with Gasteiger partial charge in [-0.1, -0.05) is 6.92 Å². The van der Waals surface area contributed by atoms with Crippen LogP contribution in [0.1, 0.15) is 39.0 Å². The summed E-state index contributed by atoms with van der Waals surface area (Å²) >= 11 is 0. The van der Waals surface area contributed by atoms with Crippen LogP contribution in [-0.2, 0) is 4.74 Å². The molecule has 4 atom stereocenters. The number of aliphatic imine (C=N–C) groups is 1. The van der Waals surface area contributed by atoms with Gasteiger partial charge in [0.05, 0.1) is 12.1 Å². The molecule has 0 bridgehead atoms. The summed E-state index contributed by atoms with van der Waals surface area (Å²) in [5.74, 6) is 2.16. The largest absolute Gasteiger partial charge is 0.378 e. The summed E-state index contributed by atoms with van der Waals surface area (Å²) in [7, 11) is 0. The minimum absolute atomic E-state index is 0. The minimum atomic E-state index is 0. The molecule has 2 saturated heterocycles. The van der Waals surface area contributed by atoms with Crippen molar-refractivity contribution in [2.24, 2.45) is 22.6 Å². The molecule has 4 nitrogen and oxygen atoms in total. The van der Waals surface area contributed by atoms with E-state index >= 15 is 0 Å². The molecule has 0 aromatic heterocycles. The molecule has 19 heavy (non-hydrogen) atoms. The number of piperidine rings is 1. The van der Waals surface area contributed by atoms with Crippen molar-refractivity contribution in [2.45, 2.75) is 51.2 Å². The first kappa shape index (κ1) is 15.4. The number of fused-ring (bicyclic) bond motifs is 1. The maximum atomic E-state index is 6.18. The van der Waals surface area contributed by atoms with Crippen LogP contribution in [0.25, 0.3) is 0 Å². The summed E-state index contributed by atoms with van der Waals surface area (Å²) in [6, 6.07) is 0.424. The Labute approximate surface area is 133 Å². The normalized spacial score (nSPS) is 39.0. The van der Waals surface area contributed by atoms with Crippen LogP contribution in [0.4, 0.5) is 0 Å². The van der Waals surface area contributed by atoms with E-state index in [0.717, 1.165) is 38.0 Å². The molecule has 5 heteroatoms. The quantitative estimate of drug-likeness (QED) is 0.432. The maximum absolute atomic E-state index is 6.18. The van der Waals surface area contributed by atoms with Crippen LogP contribution in [0, 0.1) is 11.8 Å². The van der Waals surface area contributed by atoms with E-state index in [9.17, 15) is 0 Å². The molecule has 0 aromatic rings. The fraction of sp³-hybridized carbons (Fsp3) is 0.929. The summed E-state index contributed by atoms with van der Waals surface area (Å²) in [5.41, 5.74) is 6.18. The Kier molecular flexibility index (Phi) is 5.34. The van der Waals surface area contributed by atoms with Crippen molar-refractivity contribution in [1.82, 2.24) is 4.90 Å². The zero-order valence-corrected chi connectivity index (χ0v) is 14.1. The van der Waals surface area contributed by atoms with E-state index in [1.165, 1.54) is 25.7 Å². The van der Waals surface area contributed by atoms with Gasteiger partial charge in [0.2, 0.25) is 0 Å². The Morgan fingerprint density at radius 3 is 2.89 bits per heavy atom. The smallest absolute Gasteiger partial charge is 0.191 e. The lowest BCUT2D eigenvalue weighted by Gasteiger charge is -2.45. The molecular weight excluding hydrogens is 353 g/mol. The van der Waals surface area contributed by atoms with Crippen LogP contribution in [0.2, 0.25) is 0 Å². The van der Waals surface area contributed by atoms with Gasteiger partial charge >= 0.3 is 0 Å². The zero-order valence-electron chi connectivity index (χ0n) is 11.8. The van der Waals surface area contributed by atoms with Gasteiger partial charge in [0, 0.05) is 25.6 Å². The van der Waals surface area contributed by atoms with Crippen LogP contribution in [0.5, 0.6) is 0 Å². The van der Waals surface area contributed by atoms with Crippen LogP contribution in [0.15, 0.2) is 4.99 Å². The number of guanidine groups is 1. The fourth-order valence-corrected chi connectivity index (χ4v) is 3.56. The molecule has 4 unspecified atom stereocenters. The molecule has 0 spiro atoms. The SMILES string of the molecule is CC1CCCN(C(N)=NC2CC3OCCCC23)C1.I. The monoisotopic (exact) mass is 379 g/mol. The standard InChI is InChI=1S/C14H25N3O.HI/c1-10-4-2-6-17(9-10)14(15)16-12-8-13-11(12)5-3-7-18-13;/h10-13H,2-9H2,1H3,(H2,15,16);1H. The topological polar surface area (TPSA) is 50.8 Å². The molecule has 2 N–H and O–H groups in total. The average Bonchev–Trinajstić information content (AvgIpc) is 2.36. The molecule has 3 rings (SSSR count). The highest BCUT2D eigenvalue weighted by Gasteiger charge is 2.43. The lowest BCUT2D eigenvalue weighted by atomic mass is 9.73. The molecular formula is C14H26IN3O. The predicted molar refractivity (Wildman–Crippen MR) is 87.9 cm³/mol. The van der Waals surface area contributed by atoms with Crippen molar-refractivity contribution in [1.29, 1.82) is 0 Å². The summed E-state index contributed by atoms with van der Waals surface area (Å²) in [5, 5.41) is 0. The van der Waals surface area contributed by atoms with Crippen LogP contribution >= 0.6 is 24.0 Å². The minimum Gasteiger partial charge on any atom is -0.378 e. The van der Waals surface area contributed by atoms with Gasteiger partial charge < -0.3 is 15.4 Å². The van der Waals surface area contributed by atoms with E-state index in [1.807, 2.05) is 0 Å². The number of ether oxygens (including phenoxy) is 1. The molecule has 2 heterocycles. The maximum Gasteiger partial charge on any atom is 0.191 e. The van der Waals surface area contributed by atoms with Crippen molar-refractivity contribution in [2.75, 3.05) is 19.7 Å². The fourth-order valence-electron chi connectivity index (χ4n) is 3.56. The van der Waals surface area contributed by atoms with E-state index in [-0.39, 0.29) is 24.0 Å². The van der Waals surface area contributed by atoms with E-state index in [1.54, 1.807) is 0 Å². The predicted octanol–water partition coefficient (Wildman–Crippen LogP) is 2.22. The lowest BCUT2D eigenvalue weighted by molar-refractivity contribution is -0.0940. The second-order valence-corrected chi connectivity index (χ2v) is 6.20. The van der Waals surface area contributed by atoms with Crippen molar-refractivity contribution in [3.8, 4) is 0 Å². The van der Waals surface area contributed by atoms with Crippen molar-refractivity contribution < 1.29 is 4.74 Å². The highest BCUT2D eigenvalue weighted by Crippen LogP contribution is 2.39. The first-order valence-corrected chi connectivity index (χ1v) is 7.44. The average molecular weight is 379 g/mol. The second-order valence-electron chi connectivity index (χ2n) is 6.20. The van der Waals surface area contributed by atoms with Gasteiger partial charge in [-0.2, -0.15) is 0 Å². The number of hydrogen-bond acceptors (Lipinski definition) is 2. The summed E-state index contributed by atoms with van der Waals surface area (Å²) < 4.78 is 5.73. The van der Waals surface area contributed by atoms with Crippen molar-refractivity contribution >= 4 is 29.9 Å². The Morgan fingerprint density at radius 2 is 2.16 bits per heavy atom. The molecule has 2 aliphatic heterocycles. The Bertz CT molecular complexity index is 337. The molecule has 0 amide bonds. The van der Waals surface area contributed by atoms with Gasteiger partial charge in [-0.3, -0.25) is 0 Å². The second kappa shape index (κ2) is 6.61. The van der Waals surface area contributed by atoms with Crippen LogP contribution in [-0.4, -0.2) is 42.7 Å². The Morgan fingerprint density at radius 1 is 1.32 bits per heavy atom. The van der Waals surface area contributed by atoms with E-state index in [4.69, 9.17) is 15.5 Å². The van der Waals surface area contributed by atoms with Gasteiger partial charge in [-0.25, -0.2) is 4.99 Å². The first-order valence-electron chi connectivity index (χ1n) is 7.44. The number of nitrogens with zero attached hydrogens (tertiary/aromatic N) is 2. The van der Waals surface area contributed by atoms with Gasteiger partial charge in [0.15, 0.2) is 5.96 Å². The molecule has 1 saturated carbocycles. The summed E-state index contributed by atoms with van der Waals surface area (Å²) in [4.78, 5) is 7.03.